The molecule has 0 saturated heterocycles. The Morgan fingerprint density at radius 3 is 1.36 bits per heavy atom. The zero-order chi connectivity index (χ0) is 63.0. The van der Waals surface area contributed by atoms with Crippen LogP contribution in [0.3, 0.4) is 0 Å². The number of hydrogen-bond acceptors (Lipinski definition) is 3. The summed E-state index contributed by atoms with van der Waals surface area (Å²) in [6.07, 6.45) is 0. The van der Waals surface area contributed by atoms with Crippen molar-refractivity contribution in [3.63, 3.8) is 0 Å². The molecule has 5 aliphatic carbocycles. The summed E-state index contributed by atoms with van der Waals surface area (Å²) in [5, 5.41) is 4.64. The second-order valence-corrected chi connectivity index (χ2v) is 27.8. The number of aryl methyl sites for hydroxylation is 3. The van der Waals surface area contributed by atoms with Crippen molar-refractivity contribution in [2.75, 3.05) is 4.90 Å². The third kappa shape index (κ3) is 6.65. The summed E-state index contributed by atoms with van der Waals surface area (Å²) in [4.78, 5) is 2.53. The molecule has 21 rings (SSSR count). The first kappa shape index (κ1) is 53.0. The van der Waals surface area contributed by atoms with Gasteiger partial charge in [-0.25, -0.2) is 0 Å². The van der Waals surface area contributed by atoms with Crippen LogP contribution in [0.25, 0.3) is 122 Å². The van der Waals surface area contributed by atoms with Crippen LogP contribution in [-0.4, -0.2) is 0 Å². The monoisotopic (exact) mass is 1210 g/mol. The highest BCUT2D eigenvalue weighted by atomic mass is 16.3. The maximum absolute atomic E-state index is 7.06. The van der Waals surface area contributed by atoms with Crippen LogP contribution in [0.4, 0.5) is 17.1 Å². The lowest BCUT2D eigenvalue weighted by molar-refractivity contribution is 0.657. The van der Waals surface area contributed by atoms with E-state index in [0.717, 1.165) is 55.7 Å². The van der Waals surface area contributed by atoms with E-state index in [4.69, 9.17) is 8.83 Å². The second-order valence-electron chi connectivity index (χ2n) is 27.8. The standard InChI is InChI=1S/C92H61NO2/c1-52-45-53(2)84(54(3)46-52)70-51-80-85(88-67-28-14-20-34-82(67)95-89(70)88)65-42-40-58(47-76(65)90(80,4)5)93(57-37-35-56(36-38-57)55-21-7-6-8-22-55)59-39-41-64-68-49-79-69(50-78(68)92(77(64)48-59)73-31-17-11-25-62(73)63-26-12-18-32-74(63)92)86-75(43-44-83-87(86)66-27-13-19-33-81(66)94-83)91(79)71-29-15-9-23-60(71)61-24-10-16-30-72(61)91/h6-51H,1-5H3. The van der Waals surface area contributed by atoms with Crippen LogP contribution in [0.1, 0.15) is 86.2 Å². The second kappa shape index (κ2) is 18.6. The van der Waals surface area contributed by atoms with Gasteiger partial charge < -0.3 is 13.7 Å². The van der Waals surface area contributed by atoms with E-state index in [-0.39, 0.29) is 5.41 Å². The SMILES string of the molecule is Cc1cc(C)c(-c2cc3c(c4c2oc2ccccc24)-c2ccc(N(c4ccc(-c5ccccc5)cc4)c4ccc5c(c4)C4(c6ccccc6-c6ccccc64)c4cc6c(cc4-5)C4(c5ccccc5-c5ccccc54)c4ccc5oc7ccccc7c5c4-6)cc2C3(C)C)c(C)c1. The normalized spacial score (nSPS) is 14.6. The summed E-state index contributed by atoms with van der Waals surface area (Å²) in [5.74, 6) is 0. The van der Waals surface area contributed by atoms with Crippen LogP contribution in [0, 0.1) is 20.8 Å². The van der Waals surface area contributed by atoms with Crippen molar-refractivity contribution in [2.24, 2.45) is 0 Å². The molecule has 0 radical (unpaired) electrons. The van der Waals surface area contributed by atoms with Crippen LogP contribution in [0.2, 0.25) is 0 Å². The lowest BCUT2D eigenvalue weighted by atomic mass is 9.68. The van der Waals surface area contributed by atoms with E-state index < -0.39 is 10.8 Å². The van der Waals surface area contributed by atoms with Crippen LogP contribution < -0.4 is 4.90 Å². The fraction of sp³-hybridized carbons (Fsp3) is 0.0870. The van der Waals surface area contributed by atoms with Crippen molar-refractivity contribution in [3.05, 3.63) is 351 Å². The fourth-order valence-corrected chi connectivity index (χ4v) is 19.1. The van der Waals surface area contributed by atoms with E-state index >= 15 is 0 Å². The number of hydrogen-bond donors (Lipinski definition) is 0. The Morgan fingerprint density at radius 1 is 0.274 bits per heavy atom. The van der Waals surface area contributed by atoms with E-state index in [0.29, 0.717) is 0 Å². The molecule has 3 nitrogen and oxygen atoms in total. The quantitative estimate of drug-likeness (QED) is 0.172. The van der Waals surface area contributed by atoms with Crippen molar-refractivity contribution in [2.45, 2.75) is 50.9 Å². The molecule has 446 valence electrons. The highest BCUT2D eigenvalue weighted by Crippen LogP contribution is 2.70. The van der Waals surface area contributed by atoms with Crippen molar-refractivity contribution >= 4 is 60.9 Å². The van der Waals surface area contributed by atoms with E-state index in [1.54, 1.807) is 0 Å². The average Bonchev–Trinajstić information content (AvgIpc) is 1.49. The molecule has 2 heterocycles. The van der Waals surface area contributed by atoms with Crippen LogP contribution >= 0.6 is 0 Å². The van der Waals surface area contributed by atoms with E-state index in [9.17, 15) is 0 Å². The van der Waals surface area contributed by atoms with Gasteiger partial charge in [0.25, 0.3) is 0 Å². The summed E-state index contributed by atoms with van der Waals surface area (Å²) in [7, 11) is 0. The van der Waals surface area contributed by atoms with E-state index in [2.05, 4.69) is 319 Å². The van der Waals surface area contributed by atoms with Crippen molar-refractivity contribution < 1.29 is 8.83 Å². The zero-order valence-electron chi connectivity index (χ0n) is 53.3. The van der Waals surface area contributed by atoms with Gasteiger partial charge in [-0.2, -0.15) is 0 Å². The summed E-state index contributed by atoms with van der Waals surface area (Å²) in [6.45, 7) is 11.6. The Balaban J connectivity index is 0.827. The molecule has 5 aliphatic rings. The third-order valence-electron chi connectivity index (χ3n) is 22.7. The number of benzene rings is 14. The van der Waals surface area contributed by atoms with Crippen LogP contribution in [0.15, 0.2) is 288 Å². The lowest BCUT2D eigenvalue weighted by Crippen LogP contribution is -2.27. The molecule has 0 fully saturated rings. The molecule has 0 amide bonds. The Hall–Kier alpha value is -11.5. The molecule has 0 bridgehead atoms. The molecule has 14 aromatic carbocycles. The summed E-state index contributed by atoms with van der Waals surface area (Å²) < 4.78 is 13.9. The molecule has 95 heavy (non-hydrogen) atoms. The minimum Gasteiger partial charge on any atom is -0.456 e. The Labute approximate surface area is 551 Å². The first-order chi connectivity index (χ1) is 46.6. The highest BCUT2D eigenvalue weighted by molar-refractivity contribution is 6.20. The van der Waals surface area contributed by atoms with Gasteiger partial charge in [-0.1, -0.05) is 226 Å². The molecule has 0 atom stereocenters. The molecule has 2 aromatic heterocycles. The Morgan fingerprint density at radius 2 is 0.726 bits per heavy atom. The van der Waals surface area contributed by atoms with Gasteiger partial charge in [0.1, 0.15) is 22.3 Å². The van der Waals surface area contributed by atoms with Gasteiger partial charge in [-0.05, 0) is 233 Å². The first-order valence-corrected chi connectivity index (χ1v) is 33.5. The lowest BCUT2D eigenvalue weighted by Gasteiger charge is -2.33. The molecule has 2 spiro atoms. The molecular formula is C92H61NO2. The molecule has 0 unspecified atom stereocenters. The molecule has 0 saturated carbocycles. The molecule has 16 aromatic rings. The number of furan rings is 2. The molecule has 0 N–H and O–H groups in total. The van der Waals surface area contributed by atoms with Gasteiger partial charge in [0, 0.05) is 49.6 Å². The number of fused-ring (bicyclic) bond motifs is 31. The number of nitrogens with zero attached hydrogens (tertiary/aromatic N) is 1. The highest BCUT2D eigenvalue weighted by Gasteiger charge is 2.57. The fourth-order valence-electron chi connectivity index (χ4n) is 19.1. The predicted octanol–water partition coefficient (Wildman–Crippen LogP) is 24.2. The van der Waals surface area contributed by atoms with Gasteiger partial charge in [0.2, 0.25) is 0 Å². The Bertz CT molecular complexity index is 5990. The van der Waals surface area contributed by atoms with Gasteiger partial charge in [-0.3, -0.25) is 0 Å². The smallest absolute Gasteiger partial charge is 0.143 e. The van der Waals surface area contributed by atoms with Gasteiger partial charge in [0.15, 0.2) is 0 Å². The van der Waals surface area contributed by atoms with Gasteiger partial charge in [-0.15, -0.1) is 0 Å². The van der Waals surface area contributed by atoms with E-state index in [1.165, 1.54) is 155 Å². The number of para-hydroxylation sites is 2. The summed E-state index contributed by atoms with van der Waals surface area (Å²) >= 11 is 0. The minimum absolute atomic E-state index is 0.386. The molecular weight excluding hydrogens is 1150 g/mol. The van der Waals surface area contributed by atoms with Crippen molar-refractivity contribution in [1.29, 1.82) is 0 Å². The van der Waals surface area contributed by atoms with Crippen molar-refractivity contribution in [3.8, 4) is 77.9 Å². The number of anilines is 3. The molecule has 3 heteroatoms. The predicted molar refractivity (Wildman–Crippen MR) is 391 cm³/mol. The Kier molecular flexibility index (Phi) is 10.4. The maximum atomic E-state index is 7.06. The average molecular weight is 1210 g/mol. The molecule has 0 aliphatic heterocycles. The maximum Gasteiger partial charge on any atom is 0.143 e. The van der Waals surface area contributed by atoms with Crippen molar-refractivity contribution in [1.82, 2.24) is 0 Å². The summed E-state index contributed by atoms with van der Waals surface area (Å²) in [5.41, 5.74) is 39.5. The van der Waals surface area contributed by atoms with Gasteiger partial charge >= 0.3 is 0 Å². The third-order valence-corrected chi connectivity index (χ3v) is 22.7. The largest absolute Gasteiger partial charge is 0.456 e. The zero-order valence-corrected chi connectivity index (χ0v) is 53.3. The van der Waals surface area contributed by atoms with E-state index in [1.807, 2.05) is 0 Å². The number of rotatable bonds is 5. The minimum atomic E-state index is -0.689. The summed E-state index contributed by atoms with van der Waals surface area (Å²) in [6, 6.07) is 106. The van der Waals surface area contributed by atoms with Gasteiger partial charge in [0.05, 0.1) is 10.8 Å². The topological polar surface area (TPSA) is 29.5 Å². The van der Waals surface area contributed by atoms with Crippen LogP contribution in [0.5, 0.6) is 0 Å². The van der Waals surface area contributed by atoms with Crippen LogP contribution in [-0.2, 0) is 16.2 Å². The first-order valence-electron chi connectivity index (χ1n) is 33.5.